The number of para-hydroxylation sites is 1. The molecule has 0 spiro atoms. The number of nitrogens with zero attached hydrogens (tertiary/aromatic N) is 2. The topological polar surface area (TPSA) is 28.7 Å². The first-order chi connectivity index (χ1) is 9.75. The molecule has 4 heteroatoms. The SMILES string of the molecule is CC(C)C1=C(c2cccc3ccoc23)N2CCN=C2S1. The Kier molecular flexibility index (Phi) is 2.67. The molecule has 0 saturated carbocycles. The summed E-state index contributed by atoms with van der Waals surface area (Å²) in [7, 11) is 0. The number of hydrogen-bond acceptors (Lipinski definition) is 4. The minimum atomic E-state index is 0.494. The highest BCUT2D eigenvalue weighted by Crippen LogP contribution is 2.46. The first-order valence-corrected chi connectivity index (χ1v) is 7.78. The van der Waals surface area contributed by atoms with Crippen LogP contribution in [-0.2, 0) is 0 Å². The van der Waals surface area contributed by atoms with Gasteiger partial charge in [-0.3, -0.25) is 4.99 Å². The highest BCUT2D eigenvalue weighted by Gasteiger charge is 2.35. The average molecular weight is 284 g/mol. The summed E-state index contributed by atoms with van der Waals surface area (Å²) in [5.74, 6) is 0.494. The van der Waals surface area contributed by atoms with Gasteiger partial charge in [0.2, 0.25) is 0 Å². The molecule has 0 aliphatic carbocycles. The molecular formula is C16H16N2OS. The van der Waals surface area contributed by atoms with E-state index in [0.717, 1.165) is 29.2 Å². The van der Waals surface area contributed by atoms with Crippen molar-refractivity contribution in [3.05, 3.63) is 41.0 Å². The number of aliphatic imine (C=N–C) groups is 1. The molecule has 2 aliphatic heterocycles. The van der Waals surface area contributed by atoms with Crippen LogP contribution in [0, 0.1) is 5.92 Å². The van der Waals surface area contributed by atoms with E-state index in [1.54, 1.807) is 6.26 Å². The van der Waals surface area contributed by atoms with Gasteiger partial charge >= 0.3 is 0 Å². The number of rotatable bonds is 2. The summed E-state index contributed by atoms with van der Waals surface area (Å²) in [4.78, 5) is 8.35. The van der Waals surface area contributed by atoms with Crippen molar-refractivity contribution in [2.24, 2.45) is 10.9 Å². The van der Waals surface area contributed by atoms with Crippen molar-refractivity contribution in [3.8, 4) is 0 Å². The lowest BCUT2D eigenvalue weighted by Gasteiger charge is -2.18. The van der Waals surface area contributed by atoms with Crippen LogP contribution in [0.5, 0.6) is 0 Å². The third-order valence-electron chi connectivity index (χ3n) is 3.76. The van der Waals surface area contributed by atoms with Gasteiger partial charge in [0.25, 0.3) is 0 Å². The number of allylic oxidation sites excluding steroid dienone is 1. The van der Waals surface area contributed by atoms with Gasteiger partial charge in [-0.15, -0.1) is 0 Å². The van der Waals surface area contributed by atoms with Crippen LogP contribution >= 0.6 is 11.8 Å². The zero-order valence-electron chi connectivity index (χ0n) is 11.6. The van der Waals surface area contributed by atoms with Gasteiger partial charge in [0.05, 0.1) is 18.5 Å². The van der Waals surface area contributed by atoms with Crippen LogP contribution in [0.2, 0.25) is 0 Å². The third-order valence-corrected chi connectivity index (χ3v) is 5.18. The Balaban J connectivity index is 1.96. The number of furan rings is 1. The van der Waals surface area contributed by atoms with E-state index in [-0.39, 0.29) is 0 Å². The molecule has 3 heterocycles. The van der Waals surface area contributed by atoms with E-state index >= 15 is 0 Å². The van der Waals surface area contributed by atoms with Gasteiger partial charge in [-0.25, -0.2) is 0 Å². The summed E-state index contributed by atoms with van der Waals surface area (Å²) in [6.45, 7) is 6.36. The zero-order chi connectivity index (χ0) is 13.7. The maximum Gasteiger partial charge on any atom is 0.168 e. The number of fused-ring (bicyclic) bond motifs is 2. The summed E-state index contributed by atoms with van der Waals surface area (Å²) in [5, 5.41) is 2.31. The van der Waals surface area contributed by atoms with Gasteiger partial charge in [0.1, 0.15) is 5.58 Å². The number of thioether (sulfide) groups is 1. The molecular weight excluding hydrogens is 268 g/mol. The van der Waals surface area contributed by atoms with Crippen LogP contribution < -0.4 is 0 Å². The van der Waals surface area contributed by atoms with Crippen molar-refractivity contribution < 1.29 is 4.42 Å². The Morgan fingerprint density at radius 1 is 1.30 bits per heavy atom. The Morgan fingerprint density at radius 2 is 2.20 bits per heavy atom. The minimum absolute atomic E-state index is 0.494. The van der Waals surface area contributed by atoms with Gasteiger partial charge in [-0.2, -0.15) is 0 Å². The molecule has 0 radical (unpaired) electrons. The average Bonchev–Trinajstić information content (AvgIpc) is 3.12. The van der Waals surface area contributed by atoms with Crippen molar-refractivity contribution in [3.63, 3.8) is 0 Å². The Labute approximate surface area is 122 Å². The molecule has 0 amide bonds. The lowest BCUT2D eigenvalue weighted by molar-refractivity contribution is 0.606. The molecule has 102 valence electrons. The number of hydrogen-bond donors (Lipinski definition) is 0. The van der Waals surface area contributed by atoms with E-state index in [0.29, 0.717) is 5.92 Å². The smallest absolute Gasteiger partial charge is 0.168 e. The fraction of sp³-hybridized carbons (Fsp3) is 0.312. The minimum Gasteiger partial charge on any atom is -0.464 e. The van der Waals surface area contributed by atoms with Crippen molar-refractivity contribution >= 4 is 33.6 Å². The second-order valence-corrected chi connectivity index (χ2v) is 6.44. The molecule has 0 fully saturated rings. The van der Waals surface area contributed by atoms with E-state index < -0.39 is 0 Å². The number of benzene rings is 1. The Bertz CT molecular complexity index is 742. The van der Waals surface area contributed by atoms with Crippen LogP contribution in [-0.4, -0.2) is 23.2 Å². The molecule has 0 bridgehead atoms. The second-order valence-electron chi connectivity index (χ2n) is 5.43. The van der Waals surface area contributed by atoms with Gasteiger partial charge in [-0.1, -0.05) is 37.7 Å². The maximum atomic E-state index is 5.73. The molecule has 3 nitrogen and oxygen atoms in total. The highest BCUT2D eigenvalue weighted by atomic mass is 32.2. The van der Waals surface area contributed by atoms with E-state index in [9.17, 15) is 0 Å². The van der Waals surface area contributed by atoms with Crippen molar-refractivity contribution in [2.45, 2.75) is 13.8 Å². The van der Waals surface area contributed by atoms with Crippen LogP contribution in [0.3, 0.4) is 0 Å². The monoisotopic (exact) mass is 284 g/mol. The normalized spacial score (nSPS) is 18.4. The van der Waals surface area contributed by atoms with Gasteiger partial charge < -0.3 is 9.32 Å². The molecule has 2 aromatic rings. The summed E-state index contributed by atoms with van der Waals surface area (Å²) in [5.41, 5.74) is 3.46. The van der Waals surface area contributed by atoms with E-state index in [1.807, 2.05) is 17.8 Å². The van der Waals surface area contributed by atoms with Crippen molar-refractivity contribution in [2.75, 3.05) is 13.1 Å². The van der Waals surface area contributed by atoms with E-state index in [4.69, 9.17) is 4.42 Å². The first kappa shape index (κ1) is 12.1. The van der Waals surface area contributed by atoms with Gasteiger partial charge in [0.15, 0.2) is 5.17 Å². The molecule has 0 unspecified atom stereocenters. The third kappa shape index (κ3) is 1.64. The van der Waals surface area contributed by atoms with Gasteiger partial charge in [0, 0.05) is 22.4 Å². The van der Waals surface area contributed by atoms with Crippen molar-refractivity contribution in [1.82, 2.24) is 4.90 Å². The predicted octanol–water partition coefficient (Wildman–Crippen LogP) is 4.18. The molecule has 0 atom stereocenters. The zero-order valence-corrected chi connectivity index (χ0v) is 12.4. The quantitative estimate of drug-likeness (QED) is 0.828. The lowest BCUT2D eigenvalue weighted by atomic mass is 10.0. The summed E-state index contributed by atoms with van der Waals surface area (Å²) >= 11 is 1.82. The summed E-state index contributed by atoms with van der Waals surface area (Å²) in [6, 6.07) is 8.38. The van der Waals surface area contributed by atoms with Crippen LogP contribution in [0.25, 0.3) is 16.7 Å². The Hall–Kier alpha value is -1.68. The van der Waals surface area contributed by atoms with Crippen LogP contribution in [0.4, 0.5) is 0 Å². The van der Waals surface area contributed by atoms with E-state index in [2.05, 4.69) is 41.9 Å². The lowest BCUT2D eigenvalue weighted by Crippen LogP contribution is -2.20. The highest BCUT2D eigenvalue weighted by molar-refractivity contribution is 8.17. The molecule has 1 aromatic carbocycles. The van der Waals surface area contributed by atoms with Crippen LogP contribution in [0.15, 0.2) is 44.8 Å². The first-order valence-electron chi connectivity index (χ1n) is 6.96. The predicted molar refractivity (Wildman–Crippen MR) is 84.6 cm³/mol. The Morgan fingerprint density at radius 3 is 3.05 bits per heavy atom. The number of amidine groups is 1. The maximum absolute atomic E-state index is 5.73. The molecule has 0 saturated heterocycles. The molecule has 4 rings (SSSR count). The van der Waals surface area contributed by atoms with Gasteiger partial charge in [-0.05, 0) is 18.1 Å². The van der Waals surface area contributed by atoms with Crippen LogP contribution in [0.1, 0.15) is 19.4 Å². The molecule has 2 aliphatic rings. The fourth-order valence-electron chi connectivity index (χ4n) is 2.85. The standard InChI is InChI=1S/C16H16N2OS/c1-10(2)15-13(18-8-7-17-16(18)20-15)12-5-3-4-11-6-9-19-14(11)12/h3-6,9-10H,7-8H2,1-2H3. The van der Waals surface area contributed by atoms with Crippen molar-refractivity contribution in [1.29, 1.82) is 0 Å². The largest absolute Gasteiger partial charge is 0.464 e. The second kappa shape index (κ2) is 4.42. The summed E-state index contributed by atoms with van der Waals surface area (Å²) in [6.07, 6.45) is 1.77. The summed E-state index contributed by atoms with van der Waals surface area (Å²) < 4.78 is 5.73. The molecule has 1 aromatic heterocycles. The molecule has 20 heavy (non-hydrogen) atoms. The molecule has 0 N–H and O–H groups in total. The van der Waals surface area contributed by atoms with E-state index in [1.165, 1.54) is 16.2 Å². The fourth-order valence-corrected chi connectivity index (χ4v) is 4.05.